The maximum Gasteiger partial charge on any atom is 0.217 e. The van der Waals surface area contributed by atoms with Gasteiger partial charge in [0.05, 0.1) is 6.04 Å². The number of fused-ring (bicyclic) bond motifs is 1. The maximum atomic E-state index is 14.0. The molecular formula is C20H27F2N5O. The highest BCUT2D eigenvalue weighted by molar-refractivity contribution is 5.73. The second-order valence-electron chi connectivity index (χ2n) is 7.77. The Kier molecular flexibility index (Phi) is 6.39. The third kappa shape index (κ3) is 4.92. The predicted octanol–water partition coefficient (Wildman–Crippen LogP) is 2.84. The second-order valence-corrected chi connectivity index (χ2v) is 7.77. The van der Waals surface area contributed by atoms with Gasteiger partial charge in [-0.15, -0.1) is 10.2 Å². The molecule has 1 N–H and O–H groups in total. The molecule has 1 amide bonds. The van der Waals surface area contributed by atoms with E-state index in [2.05, 4.69) is 38.8 Å². The van der Waals surface area contributed by atoms with Crippen molar-refractivity contribution in [2.75, 3.05) is 13.1 Å². The molecule has 0 bridgehead atoms. The summed E-state index contributed by atoms with van der Waals surface area (Å²) >= 11 is 0. The molecule has 0 fully saturated rings. The fourth-order valence-electron chi connectivity index (χ4n) is 3.64. The molecule has 3 rings (SSSR count). The molecule has 0 spiro atoms. The molecule has 6 nitrogen and oxygen atoms in total. The summed E-state index contributed by atoms with van der Waals surface area (Å²) in [6, 6.07) is 3.52. The molecule has 1 aromatic carbocycles. The summed E-state index contributed by atoms with van der Waals surface area (Å²) in [5.41, 5.74) is 0.482. The van der Waals surface area contributed by atoms with Crippen LogP contribution in [-0.4, -0.2) is 38.7 Å². The summed E-state index contributed by atoms with van der Waals surface area (Å²) < 4.78 is 29.2. The van der Waals surface area contributed by atoms with Crippen LogP contribution in [-0.2, 0) is 24.3 Å². The van der Waals surface area contributed by atoms with Crippen molar-refractivity contribution in [2.24, 2.45) is 5.92 Å². The maximum absolute atomic E-state index is 14.0. The average Bonchev–Trinajstić information content (AvgIpc) is 2.90. The Labute approximate surface area is 163 Å². The number of rotatable bonds is 6. The quantitative estimate of drug-likeness (QED) is 0.823. The lowest BCUT2D eigenvalue weighted by molar-refractivity contribution is -0.119. The van der Waals surface area contributed by atoms with Crippen LogP contribution in [0.25, 0.3) is 0 Å². The Morgan fingerprint density at radius 1 is 1.21 bits per heavy atom. The van der Waals surface area contributed by atoms with Crippen molar-refractivity contribution < 1.29 is 13.6 Å². The summed E-state index contributed by atoms with van der Waals surface area (Å²) in [5.74, 6) is 0.859. The Morgan fingerprint density at radius 3 is 2.68 bits per heavy atom. The molecule has 2 aromatic rings. The van der Waals surface area contributed by atoms with Gasteiger partial charge in [-0.25, -0.2) is 8.78 Å². The average molecular weight is 391 g/mol. The Hall–Kier alpha value is -2.35. The monoisotopic (exact) mass is 391 g/mol. The number of nitrogens with zero attached hydrogens (tertiary/aromatic N) is 4. The van der Waals surface area contributed by atoms with Crippen LogP contribution in [0.4, 0.5) is 8.78 Å². The lowest BCUT2D eigenvalue weighted by Gasteiger charge is -2.22. The summed E-state index contributed by atoms with van der Waals surface area (Å²) in [5, 5.41) is 11.7. The van der Waals surface area contributed by atoms with Crippen molar-refractivity contribution in [1.82, 2.24) is 25.0 Å². The van der Waals surface area contributed by atoms with Crippen LogP contribution in [0, 0.1) is 17.6 Å². The van der Waals surface area contributed by atoms with Crippen LogP contribution in [0.2, 0.25) is 0 Å². The summed E-state index contributed by atoms with van der Waals surface area (Å²) in [7, 11) is 0. The molecule has 0 radical (unpaired) electrons. The van der Waals surface area contributed by atoms with E-state index in [0.717, 1.165) is 24.1 Å². The van der Waals surface area contributed by atoms with Crippen LogP contribution >= 0.6 is 0 Å². The van der Waals surface area contributed by atoms with Crippen LogP contribution in [0.3, 0.4) is 0 Å². The van der Waals surface area contributed by atoms with Crippen LogP contribution in [0.1, 0.15) is 50.4 Å². The first-order valence-corrected chi connectivity index (χ1v) is 9.69. The molecule has 8 heteroatoms. The summed E-state index contributed by atoms with van der Waals surface area (Å²) in [6.45, 7) is 8.20. The predicted molar refractivity (Wildman–Crippen MR) is 101 cm³/mol. The van der Waals surface area contributed by atoms with Gasteiger partial charge in [-0.2, -0.15) is 0 Å². The van der Waals surface area contributed by atoms with E-state index >= 15 is 0 Å². The molecule has 1 atom stereocenters. The number of carbonyl (C=O) groups excluding carboxylic acids is 1. The van der Waals surface area contributed by atoms with E-state index in [-0.39, 0.29) is 11.9 Å². The highest BCUT2D eigenvalue weighted by Crippen LogP contribution is 2.23. The molecule has 0 unspecified atom stereocenters. The number of aromatic nitrogens is 3. The number of nitrogens with one attached hydrogen (secondary N) is 1. The highest BCUT2D eigenvalue weighted by Gasteiger charge is 2.25. The van der Waals surface area contributed by atoms with Gasteiger partial charge in [-0.3, -0.25) is 9.69 Å². The third-order valence-corrected chi connectivity index (χ3v) is 4.95. The van der Waals surface area contributed by atoms with E-state index in [4.69, 9.17) is 0 Å². The Bertz CT molecular complexity index is 836. The zero-order valence-electron chi connectivity index (χ0n) is 16.6. The number of hydrogen-bond acceptors (Lipinski definition) is 4. The summed E-state index contributed by atoms with van der Waals surface area (Å²) in [6.07, 6.45) is 1.46. The molecule has 2 heterocycles. The van der Waals surface area contributed by atoms with Gasteiger partial charge in [-0.1, -0.05) is 19.9 Å². The topological polar surface area (TPSA) is 63.1 Å². The SMILES string of the molecule is CC(=O)N[C@@H](CC(C)C)c1nnc2n1CCN(Cc1ccc(F)cc1F)CC2. The zero-order valence-corrected chi connectivity index (χ0v) is 16.6. The van der Waals surface area contributed by atoms with Crippen molar-refractivity contribution in [3.63, 3.8) is 0 Å². The first-order valence-electron chi connectivity index (χ1n) is 9.69. The number of benzene rings is 1. The van der Waals surface area contributed by atoms with Gasteiger partial charge in [0, 0.05) is 51.2 Å². The third-order valence-electron chi connectivity index (χ3n) is 4.95. The van der Waals surface area contributed by atoms with Gasteiger partial charge in [0.2, 0.25) is 5.91 Å². The van der Waals surface area contributed by atoms with Crippen molar-refractivity contribution in [3.05, 3.63) is 47.0 Å². The molecule has 1 aliphatic heterocycles. The van der Waals surface area contributed by atoms with Crippen molar-refractivity contribution in [3.8, 4) is 0 Å². The lowest BCUT2D eigenvalue weighted by atomic mass is 10.0. The molecule has 152 valence electrons. The van der Waals surface area contributed by atoms with E-state index in [1.165, 1.54) is 19.1 Å². The minimum atomic E-state index is -0.567. The molecular weight excluding hydrogens is 364 g/mol. The van der Waals surface area contributed by atoms with Gasteiger partial charge in [0.25, 0.3) is 0 Å². The van der Waals surface area contributed by atoms with Crippen LogP contribution in [0.15, 0.2) is 18.2 Å². The number of carbonyl (C=O) groups is 1. The molecule has 0 saturated heterocycles. The summed E-state index contributed by atoms with van der Waals surface area (Å²) in [4.78, 5) is 13.8. The van der Waals surface area contributed by atoms with E-state index in [1.54, 1.807) is 0 Å². The van der Waals surface area contributed by atoms with Gasteiger partial charge in [-0.05, 0) is 18.4 Å². The number of halogens is 2. The molecule has 1 aliphatic rings. The minimum Gasteiger partial charge on any atom is -0.346 e. The van der Waals surface area contributed by atoms with Gasteiger partial charge in [0.1, 0.15) is 17.5 Å². The van der Waals surface area contributed by atoms with E-state index < -0.39 is 11.6 Å². The number of amides is 1. The lowest BCUT2D eigenvalue weighted by Crippen LogP contribution is -2.31. The zero-order chi connectivity index (χ0) is 20.3. The fourth-order valence-corrected chi connectivity index (χ4v) is 3.64. The van der Waals surface area contributed by atoms with Crippen molar-refractivity contribution >= 4 is 5.91 Å². The van der Waals surface area contributed by atoms with E-state index in [0.29, 0.717) is 44.1 Å². The fraction of sp³-hybridized carbons (Fsp3) is 0.550. The highest BCUT2D eigenvalue weighted by atomic mass is 19.1. The van der Waals surface area contributed by atoms with Gasteiger partial charge >= 0.3 is 0 Å². The van der Waals surface area contributed by atoms with Crippen molar-refractivity contribution in [1.29, 1.82) is 0 Å². The normalized spacial score (nSPS) is 15.9. The molecule has 0 aliphatic carbocycles. The smallest absolute Gasteiger partial charge is 0.217 e. The minimum absolute atomic E-state index is 0.0926. The van der Waals surface area contributed by atoms with Gasteiger partial charge in [0.15, 0.2) is 5.82 Å². The van der Waals surface area contributed by atoms with E-state index in [9.17, 15) is 13.6 Å². The molecule has 0 saturated carbocycles. The first-order chi connectivity index (χ1) is 13.3. The Morgan fingerprint density at radius 2 is 2.00 bits per heavy atom. The molecule has 28 heavy (non-hydrogen) atoms. The Balaban J connectivity index is 1.74. The first kappa shape index (κ1) is 20.4. The standard InChI is InChI=1S/C20H27F2N5O/c1-13(2)10-18(23-14(3)28)20-25-24-19-6-7-26(8-9-27(19)20)12-15-4-5-16(21)11-17(15)22/h4-5,11,13,18H,6-10,12H2,1-3H3,(H,23,28)/t18-/m0/s1. The van der Waals surface area contributed by atoms with Crippen LogP contribution < -0.4 is 5.32 Å². The second kappa shape index (κ2) is 8.77. The largest absolute Gasteiger partial charge is 0.346 e. The van der Waals surface area contributed by atoms with E-state index in [1.807, 2.05) is 0 Å². The van der Waals surface area contributed by atoms with Crippen LogP contribution in [0.5, 0.6) is 0 Å². The molecule has 1 aromatic heterocycles. The van der Waals surface area contributed by atoms with Crippen molar-refractivity contribution in [2.45, 2.75) is 52.7 Å². The van der Waals surface area contributed by atoms with Gasteiger partial charge < -0.3 is 9.88 Å². The number of hydrogen-bond donors (Lipinski definition) is 1.